The number of hydrogen-bond acceptors (Lipinski definition) is 2. The lowest BCUT2D eigenvalue weighted by atomic mass is 10.1. The van der Waals surface area contributed by atoms with Crippen LogP contribution in [0.3, 0.4) is 0 Å². The molecule has 31 heavy (non-hydrogen) atoms. The molecule has 2 aromatic carbocycles. The summed E-state index contributed by atoms with van der Waals surface area (Å²) in [5, 5.41) is 7.78. The van der Waals surface area contributed by atoms with E-state index in [0.717, 1.165) is 11.1 Å². The van der Waals surface area contributed by atoms with Gasteiger partial charge in [0.05, 0.1) is 16.8 Å². The molecule has 0 saturated carbocycles. The van der Waals surface area contributed by atoms with Gasteiger partial charge in [0.2, 0.25) is 0 Å². The van der Waals surface area contributed by atoms with Gasteiger partial charge in [-0.3, -0.25) is 4.40 Å². The zero-order chi connectivity index (χ0) is 22.2. The first-order valence-corrected chi connectivity index (χ1v) is 9.00. The van der Waals surface area contributed by atoms with E-state index in [2.05, 4.69) is 10.2 Å². The Labute approximate surface area is 172 Å². The fourth-order valence-corrected chi connectivity index (χ4v) is 3.14. The average Bonchev–Trinajstić information content (AvgIpc) is 3.10. The number of pyridine rings is 1. The Balaban J connectivity index is 1.86. The second kappa shape index (κ2) is 7.57. The summed E-state index contributed by atoms with van der Waals surface area (Å²) in [6, 6.07) is 17.4. The van der Waals surface area contributed by atoms with Crippen LogP contribution in [0.4, 0.5) is 37.8 Å². The molecule has 0 saturated heterocycles. The van der Waals surface area contributed by atoms with Crippen LogP contribution in [0.2, 0.25) is 0 Å². The maximum atomic E-state index is 13.1. The number of benzene rings is 2. The molecular formula is C22H13F6N3. The zero-order valence-corrected chi connectivity index (χ0v) is 15.6. The molecule has 0 bridgehead atoms. The molecule has 0 aliphatic rings. The molecular weight excluding hydrogens is 420 g/mol. The molecule has 4 aromatic rings. The molecule has 0 radical (unpaired) electrons. The maximum Gasteiger partial charge on any atom is 0.416 e. The lowest BCUT2D eigenvalue weighted by Crippen LogP contribution is -2.10. The van der Waals surface area contributed by atoms with Crippen molar-refractivity contribution >= 4 is 17.0 Å². The van der Waals surface area contributed by atoms with Crippen LogP contribution in [0.5, 0.6) is 0 Å². The zero-order valence-electron chi connectivity index (χ0n) is 15.6. The highest BCUT2D eigenvalue weighted by Crippen LogP contribution is 2.39. The topological polar surface area (TPSA) is 29.1 Å². The molecule has 0 amide bonds. The van der Waals surface area contributed by atoms with E-state index >= 15 is 0 Å². The van der Waals surface area contributed by atoms with E-state index in [4.69, 9.17) is 0 Å². The number of aromatic nitrogens is 1. The molecule has 2 heterocycles. The smallest absolute Gasteiger partial charge is 0.300 e. The number of hydrogen-bond donors (Lipinski definition) is 0. The summed E-state index contributed by atoms with van der Waals surface area (Å²) in [6.07, 6.45) is -8.23. The summed E-state index contributed by atoms with van der Waals surface area (Å²) in [6.45, 7) is 0. The number of fused-ring (bicyclic) bond motifs is 1. The molecule has 0 spiro atoms. The standard InChI is InChI=1S/C22H13F6N3/c23-21(24,25)15-10-16(22(26,27)28)12-17(11-15)29-30-20-19(14-6-2-1-3-7-14)13-18-8-4-5-9-31(18)20/h1-13H. The van der Waals surface area contributed by atoms with E-state index in [9.17, 15) is 26.3 Å². The lowest BCUT2D eigenvalue weighted by molar-refractivity contribution is -0.143. The average molecular weight is 433 g/mol. The van der Waals surface area contributed by atoms with Crippen molar-refractivity contribution in [1.82, 2.24) is 4.40 Å². The highest BCUT2D eigenvalue weighted by molar-refractivity contribution is 5.80. The van der Waals surface area contributed by atoms with Gasteiger partial charge >= 0.3 is 12.4 Å². The van der Waals surface area contributed by atoms with E-state index in [1.54, 1.807) is 40.9 Å². The van der Waals surface area contributed by atoms with Gasteiger partial charge < -0.3 is 0 Å². The molecule has 3 nitrogen and oxygen atoms in total. The van der Waals surface area contributed by atoms with Crippen LogP contribution in [-0.4, -0.2) is 4.40 Å². The number of halogens is 6. The first-order valence-electron chi connectivity index (χ1n) is 9.00. The summed E-state index contributed by atoms with van der Waals surface area (Å²) < 4.78 is 80.3. The van der Waals surface area contributed by atoms with Gasteiger partial charge in [-0.05, 0) is 42.0 Å². The second-order valence-electron chi connectivity index (χ2n) is 6.71. The summed E-state index contributed by atoms with van der Waals surface area (Å²) >= 11 is 0. The van der Waals surface area contributed by atoms with E-state index in [1.807, 2.05) is 24.3 Å². The minimum Gasteiger partial charge on any atom is -0.300 e. The Morgan fingerprint density at radius 3 is 1.87 bits per heavy atom. The van der Waals surface area contributed by atoms with E-state index in [0.29, 0.717) is 17.7 Å². The third-order valence-electron chi connectivity index (χ3n) is 4.57. The molecule has 0 fully saturated rings. The highest BCUT2D eigenvalue weighted by Gasteiger charge is 2.37. The van der Waals surface area contributed by atoms with Gasteiger partial charge in [0.1, 0.15) is 0 Å². The monoisotopic (exact) mass is 433 g/mol. The summed E-state index contributed by atoms with van der Waals surface area (Å²) in [5.74, 6) is 0.285. The van der Waals surface area contributed by atoms with Crippen LogP contribution in [0, 0.1) is 0 Å². The molecule has 158 valence electrons. The van der Waals surface area contributed by atoms with Crippen molar-refractivity contribution in [2.75, 3.05) is 0 Å². The predicted molar refractivity (Wildman–Crippen MR) is 103 cm³/mol. The first kappa shape index (κ1) is 20.6. The van der Waals surface area contributed by atoms with Gasteiger partial charge in [-0.1, -0.05) is 36.4 Å². The van der Waals surface area contributed by atoms with Gasteiger partial charge in [-0.2, -0.15) is 26.3 Å². The van der Waals surface area contributed by atoms with Crippen LogP contribution in [0.15, 0.2) is 89.2 Å². The lowest BCUT2D eigenvalue weighted by Gasteiger charge is -2.12. The number of nitrogens with zero attached hydrogens (tertiary/aromatic N) is 3. The Morgan fingerprint density at radius 1 is 0.645 bits per heavy atom. The van der Waals surface area contributed by atoms with Crippen molar-refractivity contribution in [2.24, 2.45) is 10.2 Å². The van der Waals surface area contributed by atoms with Gasteiger partial charge in [0, 0.05) is 17.3 Å². The van der Waals surface area contributed by atoms with Crippen molar-refractivity contribution in [3.05, 3.63) is 90.1 Å². The fraction of sp³-hybridized carbons (Fsp3) is 0.0909. The van der Waals surface area contributed by atoms with Crippen LogP contribution in [-0.2, 0) is 12.4 Å². The maximum absolute atomic E-state index is 13.1. The van der Waals surface area contributed by atoms with Gasteiger partial charge in [0.15, 0.2) is 5.82 Å². The third-order valence-corrected chi connectivity index (χ3v) is 4.57. The Bertz CT molecular complexity index is 1220. The Kier molecular flexibility index (Phi) is 5.04. The molecule has 2 aromatic heterocycles. The van der Waals surface area contributed by atoms with Crippen LogP contribution < -0.4 is 0 Å². The molecule has 4 rings (SSSR count). The number of rotatable bonds is 3. The quantitative estimate of drug-likeness (QED) is 0.231. The SMILES string of the molecule is FC(F)(F)c1cc(N=Nc2c(-c3ccccc3)cc3ccccn23)cc(C(F)(F)F)c1. The van der Waals surface area contributed by atoms with Crippen molar-refractivity contribution in [3.63, 3.8) is 0 Å². The molecule has 0 atom stereocenters. The minimum atomic E-state index is -4.96. The van der Waals surface area contributed by atoms with Gasteiger partial charge in [-0.25, -0.2) is 0 Å². The highest BCUT2D eigenvalue weighted by atomic mass is 19.4. The summed E-state index contributed by atoms with van der Waals surface area (Å²) in [7, 11) is 0. The van der Waals surface area contributed by atoms with E-state index in [1.165, 1.54) is 0 Å². The Hall–Kier alpha value is -3.62. The normalized spacial score (nSPS) is 12.7. The summed E-state index contributed by atoms with van der Waals surface area (Å²) in [4.78, 5) is 0. The largest absolute Gasteiger partial charge is 0.416 e. The molecule has 0 unspecified atom stereocenters. The van der Waals surface area contributed by atoms with E-state index in [-0.39, 0.29) is 11.9 Å². The second-order valence-corrected chi connectivity index (χ2v) is 6.71. The first-order chi connectivity index (χ1) is 14.6. The minimum absolute atomic E-state index is 0.0566. The van der Waals surface area contributed by atoms with Crippen molar-refractivity contribution in [2.45, 2.75) is 12.4 Å². The van der Waals surface area contributed by atoms with Crippen molar-refractivity contribution in [3.8, 4) is 11.1 Å². The van der Waals surface area contributed by atoms with Crippen LogP contribution in [0.25, 0.3) is 16.6 Å². The Morgan fingerprint density at radius 2 is 1.26 bits per heavy atom. The fourth-order valence-electron chi connectivity index (χ4n) is 3.14. The van der Waals surface area contributed by atoms with E-state index < -0.39 is 29.2 Å². The molecule has 0 N–H and O–H groups in total. The number of azo groups is 1. The van der Waals surface area contributed by atoms with Crippen molar-refractivity contribution < 1.29 is 26.3 Å². The molecule has 9 heteroatoms. The summed E-state index contributed by atoms with van der Waals surface area (Å²) in [5.41, 5.74) is -1.28. The van der Waals surface area contributed by atoms with Crippen LogP contribution in [0.1, 0.15) is 11.1 Å². The van der Waals surface area contributed by atoms with Gasteiger partial charge in [0.25, 0.3) is 0 Å². The van der Waals surface area contributed by atoms with Gasteiger partial charge in [-0.15, -0.1) is 10.2 Å². The predicted octanol–water partition coefficient (Wildman–Crippen LogP) is 8.06. The molecule has 0 aliphatic carbocycles. The van der Waals surface area contributed by atoms with Crippen LogP contribution >= 0.6 is 0 Å². The third kappa shape index (κ3) is 4.30. The van der Waals surface area contributed by atoms with Crippen molar-refractivity contribution in [1.29, 1.82) is 0 Å². The number of alkyl halides is 6. The molecule has 0 aliphatic heterocycles.